The van der Waals surface area contributed by atoms with Crippen molar-refractivity contribution < 1.29 is 13.2 Å². The van der Waals surface area contributed by atoms with Gasteiger partial charge in [-0.05, 0) is 61.6 Å². The van der Waals surface area contributed by atoms with Crippen LogP contribution in [0.1, 0.15) is 42.5 Å². The Kier molecular flexibility index (Phi) is 8.62. The molecule has 1 fully saturated rings. The summed E-state index contributed by atoms with van der Waals surface area (Å²) in [6.07, 6.45) is 0.113. The third kappa shape index (κ3) is 7.40. The number of aromatic nitrogens is 1. The van der Waals surface area contributed by atoms with Crippen molar-refractivity contribution in [1.29, 1.82) is 0 Å². The summed E-state index contributed by atoms with van der Waals surface area (Å²) in [4.78, 5) is 4.69. The quantitative estimate of drug-likeness (QED) is 0.480. The van der Waals surface area contributed by atoms with Gasteiger partial charge in [-0.2, -0.15) is 22.6 Å². The van der Waals surface area contributed by atoms with E-state index in [1.54, 1.807) is 29.3 Å². The summed E-state index contributed by atoms with van der Waals surface area (Å²) in [5.41, 5.74) is 1.90. The van der Waals surface area contributed by atoms with E-state index in [1.165, 1.54) is 11.5 Å². The van der Waals surface area contributed by atoms with Gasteiger partial charge in [0.25, 0.3) is 0 Å². The van der Waals surface area contributed by atoms with Crippen LogP contribution in [0.25, 0.3) is 0 Å². The molecule has 1 aromatic carbocycles. The second-order valence-corrected chi connectivity index (χ2v) is 8.76. The first-order chi connectivity index (χ1) is 15.8. The molecule has 6 nitrogen and oxygen atoms in total. The van der Waals surface area contributed by atoms with Gasteiger partial charge in [0, 0.05) is 25.2 Å². The molecule has 2 N–H and O–H groups in total. The van der Waals surface area contributed by atoms with E-state index < -0.39 is 12.6 Å². The molecule has 1 saturated heterocycles. The summed E-state index contributed by atoms with van der Waals surface area (Å²) in [6, 6.07) is 8.72. The average Bonchev–Trinajstić information content (AvgIpc) is 3.18. The molecule has 1 aliphatic heterocycles. The molecule has 10 heteroatoms. The number of nitrogens with zero attached hydrogens (tertiary/aromatic N) is 4. The number of nitrogens with one attached hydrogen (secondary N) is 2. The monoisotopic (exact) mass is 478 g/mol. The molecule has 2 heterocycles. The Labute approximate surface area is 196 Å². The second-order valence-electron chi connectivity index (χ2n) is 7.95. The minimum atomic E-state index is -4.27. The number of amidine groups is 1. The maximum atomic E-state index is 13.1. The fourth-order valence-corrected chi connectivity index (χ4v) is 4.43. The highest BCUT2D eigenvalue weighted by Gasteiger charge is 2.33. The third-order valence-electron chi connectivity index (χ3n) is 5.32. The molecule has 2 unspecified atom stereocenters. The van der Waals surface area contributed by atoms with Gasteiger partial charge in [-0.1, -0.05) is 30.3 Å². The molecular weight excluding hydrogens is 449 g/mol. The van der Waals surface area contributed by atoms with E-state index in [2.05, 4.69) is 26.8 Å². The minimum Gasteiger partial charge on any atom is -0.353 e. The molecule has 2 atom stereocenters. The molecule has 33 heavy (non-hydrogen) atoms. The lowest BCUT2D eigenvalue weighted by Gasteiger charge is -2.33. The van der Waals surface area contributed by atoms with E-state index in [1.807, 2.05) is 32.2 Å². The Morgan fingerprint density at radius 2 is 2.15 bits per heavy atom. The maximum absolute atomic E-state index is 13.1. The molecule has 0 amide bonds. The number of anilines is 1. The van der Waals surface area contributed by atoms with Gasteiger partial charge in [0.15, 0.2) is 0 Å². The van der Waals surface area contributed by atoms with Crippen LogP contribution < -0.4 is 10.6 Å². The highest BCUT2D eigenvalue weighted by Crippen LogP contribution is 2.34. The van der Waals surface area contributed by atoms with Gasteiger partial charge in [-0.3, -0.25) is 15.3 Å². The Morgan fingerprint density at radius 3 is 2.85 bits per heavy atom. The van der Waals surface area contributed by atoms with Crippen LogP contribution in [0.5, 0.6) is 0 Å². The fourth-order valence-electron chi connectivity index (χ4n) is 3.79. The zero-order valence-electron chi connectivity index (χ0n) is 18.8. The maximum Gasteiger partial charge on any atom is 0.393 e. The number of aliphatic imine (C=N–C) groups is 1. The standard InChI is InChI=1S/C23H29F3N6S/c1-16(10-11-28-21-13-17(2)31-33-21)29-15-30-22-20(9-6-12-32(22)27-3)19-8-5-4-7-18(19)14-23(24,25)26/h4-5,7-8,10-11,13,16,20,28-29H,3,6,9,12,14-15H2,1-2H3/b11-10+,30-22?. The van der Waals surface area contributed by atoms with E-state index in [4.69, 9.17) is 4.99 Å². The Bertz CT molecular complexity index is 985. The van der Waals surface area contributed by atoms with Crippen molar-refractivity contribution >= 4 is 29.1 Å². The van der Waals surface area contributed by atoms with Gasteiger partial charge in [-0.25, -0.2) is 0 Å². The lowest BCUT2D eigenvalue weighted by molar-refractivity contribution is -0.127. The summed E-state index contributed by atoms with van der Waals surface area (Å²) in [7, 11) is 0. The van der Waals surface area contributed by atoms with Crippen LogP contribution in [0.2, 0.25) is 0 Å². The van der Waals surface area contributed by atoms with Gasteiger partial charge < -0.3 is 5.32 Å². The Balaban J connectivity index is 1.70. The largest absolute Gasteiger partial charge is 0.393 e. The molecule has 2 aromatic rings. The highest BCUT2D eigenvalue weighted by atomic mass is 32.1. The predicted molar refractivity (Wildman–Crippen MR) is 129 cm³/mol. The normalized spacial score (nSPS) is 19.2. The third-order valence-corrected chi connectivity index (χ3v) is 6.14. The summed E-state index contributed by atoms with van der Waals surface area (Å²) in [5, 5.41) is 13.2. The predicted octanol–water partition coefficient (Wildman–Crippen LogP) is 5.31. The van der Waals surface area contributed by atoms with Gasteiger partial charge in [0.1, 0.15) is 10.8 Å². The topological polar surface area (TPSA) is 64.9 Å². The molecule has 0 bridgehead atoms. The van der Waals surface area contributed by atoms with E-state index in [0.717, 1.165) is 17.1 Å². The van der Waals surface area contributed by atoms with Crippen LogP contribution in [-0.4, -0.2) is 47.4 Å². The SMILES string of the molecule is C=NN1CCCC(c2ccccc2CC(F)(F)F)C1=NCNC(C)/C=C/Nc1cc(C)ns1. The number of halogens is 3. The van der Waals surface area contributed by atoms with Crippen molar-refractivity contribution in [1.82, 2.24) is 14.7 Å². The fraction of sp³-hybridized carbons (Fsp3) is 0.435. The van der Waals surface area contributed by atoms with E-state index >= 15 is 0 Å². The molecule has 3 rings (SSSR count). The molecule has 178 valence electrons. The van der Waals surface area contributed by atoms with Gasteiger partial charge in [0.05, 0.1) is 18.8 Å². The molecule has 1 aliphatic rings. The van der Waals surface area contributed by atoms with Crippen molar-refractivity contribution in [3.8, 4) is 0 Å². The lowest BCUT2D eigenvalue weighted by Crippen LogP contribution is -2.38. The molecule has 0 radical (unpaired) electrons. The molecule has 1 aromatic heterocycles. The van der Waals surface area contributed by atoms with E-state index in [-0.39, 0.29) is 17.5 Å². The number of alkyl halides is 3. The summed E-state index contributed by atoms with van der Waals surface area (Å²) >= 11 is 1.40. The second kappa shape index (κ2) is 11.4. The number of rotatable bonds is 9. The number of hydrazone groups is 1. The number of hydrogen-bond acceptors (Lipinski definition) is 6. The number of hydrogen-bond donors (Lipinski definition) is 2. The first-order valence-corrected chi connectivity index (χ1v) is 11.6. The molecular formula is C23H29F3N6S. The van der Waals surface area contributed by atoms with Crippen molar-refractivity contribution in [2.75, 3.05) is 18.5 Å². The minimum absolute atomic E-state index is 0.0283. The van der Waals surface area contributed by atoms with Crippen LogP contribution in [0.4, 0.5) is 18.2 Å². The zero-order valence-corrected chi connectivity index (χ0v) is 19.6. The van der Waals surface area contributed by atoms with Gasteiger partial charge in [0.2, 0.25) is 0 Å². The first-order valence-electron chi connectivity index (χ1n) is 10.8. The van der Waals surface area contributed by atoms with Crippen molar-refractivity contribution in [3.63, 3.8) is 0 Å². The zero-order chi connectivity index (χ0) is 23.8. The molecule has 0 saturated carbocycles. The van der Waals surface area contributed by atoms with E-state index in [0.29, 0.717) is 31.0 Å². The summed E-state index contributed by atoms with van der Waals surface area (Å²) < 4.78 is 43.6. The van der Waals surface area contributed by atoms with Crippen LogP contribution >= 0.6 is 11.5 Å². The first kappa shape index (κ1) is 24.9. The van der Waals surface area contributed by atoms with Crippen LogP contribution in [-0.2, 0) is 6.42 Å². The molecule has 0 spiro atoms. The van der Waals surface area contributed by atoms with Crippen LogP contribution in [0, 0.1) is 6.92 Å². The number of benzene rings is 1. The van der Waals surface area contributed by atoms with Crippen molar-refractivity contribution in [2.24, 2.45) is 10.1 Å². The number of piperidine rings is 1. The molecule has 0 aliphatic carbocycles. The number of aryl methyl sites for hydroxylation is 1. The Morgan fingerprint density at radius 1 is 1.36 bits per heavy atom. The summed E-state index contributed by atoms with van der Waals surface area (Å²) in [5.74, 6) is 0.388. The average molecular weight is 479 g/mol. The van der Waals surface area contributed by atoms with Gasteiger partial charge >= 0.3 is 6.18 Å². The van der Waals surface area contributed by atoms with Gasteiger partial charge in [-0.15, -0.1) is 0 Å². The Hall–Kier alpha value is -2.72. The van der Waals surface area contributed by atoms with Crippen molar-refractivity contribution in [3.05, 3.63) is 59.4 Å². The smallest absolute Gasteiger partial charge is 0.353 e. The lowest BCUT2D eigenvalue weighted by atomic mass is 9.86. The van der Waals surface area contributed by atoms with Crippen molar-refractivity contribution in [2.45, 2.75) is 51.2 Å². The van der Waals surface area contributed by atoms with Crippen LogP contribution in [0.15, 0.2) is 52.7 Å². The highest BCUT2D eigenvalue weighted by molar-refractivity contribution is 7.10. The van der Waals surface area contributed by atoms with Crippen LogP contribution in [0.3, 0.4) is 0 Å². The van der Waals surface area contributed by atoms with E-state index in [9.17, 15) is 13.2 Å². The summed E-state index contributed by atoms with van der Waals surface area (Å²) in [6.45, 7) is 8.52.